The van der Waals surface area contributed by atoms with E-state index in [-0.39, 0.29) is 18.0 Å². The van der Waals surface area contributed by atoms with E-state index in [0.29, 0.717) is 0 Å². The van der Waals surface area contributed by atoms with Crippen LogP contribution in [0.1, 0.15) is 5.56 Å². The van der Waals surface area contributed by atoms with Crippen molar-refractivity contribution in [1.29, 1.82) is 0 Å². The zero-order chi connectivity index (χ0) is 21.3. The maximum absolute atomic E-state index is 12.1. The molecular weight excluding hydrogens is 393 g/mol. The van der Waals surface area contributed by atoms with Crippen LogP contribution < -0.4 is 15.4 Å². The van der Waals surface area contributed by atoms with Crippen molar-refractivity contribution in [1.82, 2.24) is 5.32 Å². The van der Waals surface area contributed by atoms with Crippen LogP contribution >= 0.6 is 0 Å². The predicted molar refractivity (Wildman–Crippen MR) is 95.9 cm³/mol. The molecular formula is C19H17F3N2O5. The van der Waals surface area contributed by atoms with Gasteiger partial charge in [-0.15, -0.1) is 13.2 Å². The van der Waals surface area contributed by atoms with Crippen molar-refractivity contribution in [2.24, 2.45) is 0 Å². The van der Waals surface area contributed by atoms with Gasteiger partial charge in [-0.25, -0.2) is 0 Å². The molecule has 154 valence electrons. The van der Waals surface area contributed by atoms with E-state index in [1.54, 1.807) is 24.3 Å². The SMILES string of the molecule is O=C(Cc1ccccc1)NCC(=O)OCC(=O)Nc1ccc(OC(F)(F)F)cc1. The predicted octanol–water partition coefficient (Wildman–Crippen LogP) is 2.43. The number of anilines is 1. The number of nitrogens with one attached hydrogen (secondary N) is 2. The second kappa shape index (κ2) is 10.1. The van der Waals surface area contributed by atoms with Gasteiger partial charge in [0.25, 0.3) is 5.91 Å². The third-order valence-corrected chi connectivity index (χ3v) is 3.37. The lowest BCUT2D eigenvalue weighted by Gasteiger charge is -2.10. The van der Waals surface area contributed by atoms with Crippen molar-refractivity contribution in [3.05, 3.63) is 60.2 Å². The topological polar surface area (TPSA) is 93.7 Å². The minimum atomic E-state index is -4.81. The number of carbonyl (C=O) groups excluding carboxylic acids is 3. The number of esters is 1. The Hall–Kier alpha value is -3.56. The fourth-order valence-electron chi connectivity index (χ4n) is 2.15. The third kappa shape index (κ3) is 8.78. The molecule has 0 atom stereocenters. The van der Waals surface area contributed by atoms with E-state index in [2.05, 4.69) is 15.4 Å². The largest absolute Gasteiger partial charge is 0.573 e. The molecule has 0 bridgehead atoms. The molecule has 2 amide bonds. The second-order valence-corrected chi connectivity index (χ2v) is 5.72. The van der Waals surface area contributed by atoms with E-state index in [1.807, 2.05) is 6.07 Å². The van der Waals surface area contributed by atoms with Gasteiger partial charge in [-0.1, -0.05) is 30.3 Å². The maximum atomic E-state index is 12.1. The molecule has 2 N–H and O–H groups in total. The quantitative estimate of drug-likeness (QED) is 0.652. The monoisotopic (exact) mass is 410 g/mol. The highest BCUT2D eigenvalue weighted by molar-refractivity contribution is 5.93. The van der Waals surface area contributed by atoms with Crippen molar-refractivity contribution in [2.45, 2.75) is 12.8 Å². The van der Waals surface area contributed by atoms with E-state index in [9.17, 15) is 27.6 Å². The van der Waals surface area contributed by atoms with E-state index < -0.39 is 37.1 Å². The first-order chi connectivity index (χ1) is 13.7. The minimum absolute atomic E-state index is 0.0999. The third-order valence-electron chi connectivity index (χ3n) is 3.37. The summed E-state index contributed by atoms with van der Waals surface area (Å²) in [5.74, 6) is -2.32. The lowest BCUT2D eigenvalue weighted by atomic mass is 10.1. The van der Waals surface area contributed by atoms with Crippen LogP contribution in [0.4, 0.5) is 18.9 Å². The molecule has 29 heavy (non-hydrogen) atoms. The van der Waals surface area contributed by atoms with Crippen molar-refractivity contribution in [3.63, 3.8) is 0 Å². The molecule has 0 aliphatic carbocycles. The first-order valence-electron chi connectivity index (χ1n) is 8.33. The first kappa shape index (κ1) is 21.7. The van der Waals surface area contributed by atoms with Crippen LogP contribution in [0.5, 0.6) is 5.75 Å². The summed E-state index contributed by atoms with van der Waals surface area (Å²) < 4.78 is 44.7. The van der Waals surface area contributed by atoms with Crippen LogP contribution in [0.15, 0.2) is 54.6 Å². The highest BCUT2D eigenvalue weighted by Gasteiger charge is 2.30. The molecule has 10 heteroatoms. The normalized spacial score (nSPS) is 10.7. The van der Waals surface area contributed by atoms with Crippen molar-refractivity contribution < 1.29 is 37.0 Å². The number of hydrogen-bond donors (Lipinski definition) is 2. The summed E-state index contributed by atoms with van der Waals surface area (Å²) in [4.78, 5) is 35.0. The molecule has 0 saturated heterocycles. The molecule has 0 aromatic heterocycles. The second-order valence-electron chi connectivity index (χ2n) is 5.72. The summed E-state index contributed by atoms with van der Waals surface area (Å²) in [6, 6.07) is 13.4. The van der Waals surface area contributed by atoms with Crippen LogP contribution in [-0.2, 0) is 25.5 Å². The Kier molecular flexibility index (Phi) is 7.58. The molecule has 0 spiro atoms. The van der Waals surface area contributed by atoms with Crippen LogP contribution in [0, 0.1) is 0 Å². The smallest absolute Gasteiger partial charge is 0.454 e. The summed E-state index contributed by atoms with van der Waals surface area (Å²) in [5, 5.41) is 4.72. The Morgan fingerprint density at radius 1 is 0.897 bits per heavy atom. The van der Waals surface area contributed by atoms with Gasteiger partial charge in [0.2, 0.25) is 5.91 Å². The first-order valence-corrected chi connectivity index (χ1v) is 8.33. The molecule has 2 aromatic rings. The highest BCUT2D eigenvalue weighted by Crippen LogP contribution is 2.23. The van der Waals surface area contributed by atoms with Crippen molar-refractivity contribution in [3.8, 4) is 5.75 Å². The van der Waals surface area contributed by atoms with Crippen LogP contribution in [0.3, 0.4) is 0 Å². The van der Waals surface area contributed by atoms with Gasteiger partial charge in [0, 0.05) is 5.69 Å². The Balaban J connectivity index is 1.67. The van der Waals surface area contributed by atoms with E-state index in [4.69, 9.17) is 4.74 Å². The molecule has 2 aromatic carbocycles. The van der Waals surface area contributed by atoms with Crippen LogP contribution in [0.2, 0.25) is 0 Å². The van der Waals surface area contributed by atoms with Gasteiger partial charge in [-0.05, 0) is 29.8 Å². The van der Waals surface area contributed by atoms with E-state index in [1.165, 1.54) is 12.1 Å². The molecule has 0 fully saturated rings. The Labute approximate surface area is 163 Å². The highest BCUT2D eigenvalue weighted by atomic mass is 19.4. The number of carbonyl (C=O) groups is 3. The average molecular weight is 410 g/mol. The number of alkyl halides is 3. The average Bonchev–Trinajstić information content (AvgIpc) is 2.66. The summed E-state index contributed by atoms with van der Waals surface area (Å²) in [6.07, 6.45) is -4.71. The van der Waals surface area contributed by atoms with Crippen molar-refractivity contribution in [2.75, 3.05) is 18.5 Å². The maximum Gasteiger partial charge on any atom is 0.573 e. The number of hydrogen-bond acceptors (Lipinski definition) is 5. The fraction of sp³-hybridized carbons (Fsp3) is 0.211. The Morgan fingerprint density at radius 3 is 2.17 bits per heavy atom. The van der Waals surface area contributed by atoms with Gasteiger partial charge < -0.3 is 20.1 Å². The zero-order valence-corrected chi connectivity index (χ0v) is 15.0. The fourth-order valence-corrected chi connectivity index (χ4v) is 2.15. The van der Waals surface area contributed by atoms with Gasteiger partial charge >= 0.3 is 12.3 Å². The molecule has 0 aliphatic heterocycles. The minimum Gasteiger partial charge on any atom is -0.454 e. The molecule has 0 saturated carbocycles. The lowest BCUT2D eigenvalue weighted by Crippen LogP contribution is -2.33. The zero-order valence-electron chi connectivity index (χ0n) is 15.0. The number of amides is 2. The van der Waals surface area contributed by atoms with Crippen LogP contribution in [0.25, 0.3) is 0 Å². The molecule has 0 aliphatic rings. The molecule has 2 rings (SSSR count). The number of benzene rings is 2. The number of ether oxygens (including phenoxy) is 2. The summed E-state index contributed by atoms with van der Waals surface area (Å²) >= 11 is 0. The molecule has 0 radical (unpaired) electrons. The van der Waals surface area contributed by atoms with Gasteiger partial charge in [0.1, 0.15) is 12.3 Å². The van der Waals surface area contributed by atoms with Gasteiger partial charge in [-0.2, -0.15) is 0 Å². The molecule has 7 nitrogen and oxygen atoms in total. The Morgan fingerprint density at radius 2 is 1.55 bits per heavy atom. The summed E-state index contributed by atoms with van der Waals surface area (Å²) in [7, 11) is 0. The number of rotatable bonds is 8. The molecule has 0 unspecified atom stereocenters. The van der Waals surface area contributed by atoms with Crippen LogP contribution in [-0.4, -0.2) is 37.3 Å². The lowest BCUT2D eigenvalue weighted by molar-refractivity contribution is -0.274. The summed E-state index contributed by atoms with van der Waals surface area (Å²) in [6.45, 7) is -1.02. The standard InChI is InChI=1S/C19H17F3N2O5/c20-19(21,22)29-15-8-6-14(7-9-15)24-17(26)12-28-18(27)11-23-16(25)10-13-4-2-1-3-5-13/h1-9H,10-12H2,(H,23,25)(H,24,26). The number of halogens is 3. The Bertz CT molecular complexity index is 839. The van der Waals surface area contributed by atoms with Crippen molar-refractivity contribution >= 4 is 23.5 Å². The molecule has 0 heterocycles. The van der Waals surface area contributed by atoms with Gasteiger partial charge in [-0.3, -0.25) is 14.4 Å². The summed E-state index contributed by atoms with van der Waals surface area (Å²) in [5.41, 5.74) is 0.973. The van der Waals surface area contributed by atoms with Gasteiger partial charge in [0.15, 0.2) is 6.61 Å². The van der Waals surface area contributed by atoms with Gasteiger partial charge in [0.05, 0.1) is 6.42 Å². The van der Waals surface area contributed by atoms with E-state index in [0.717, 1.165) is 17.7 Å². The van der Waals surface area contributed by atoms with E-state index >= 15 is 0 Å².